The van der Waals surface area contributed by atoms with Crippen molar-refractivity contribution in [3.63, 3.8) is 0 Å². The van der Waals surface area contributed by atoms with Gasteiger partial charge in [-0.25, -0.2) is 13.6 Å². The second-order valence-electron chi connectivity index (χ2n) is 3.40. The molecular formula is C10H14BrNO2S. The number of nitrogens with two attached hydrogens (primary N) is 1. The molecule has 0 aliphatic rings. The van der Waals surface area contributed by atoms with Crippen LogP contribution in [0.4, 0.5) is 0 Å². The lowest BCUT2D eigenvalue weighted by atomic mass is 10.1. The van der Waals surface area contributed by atoms with Crippen LogP contribution in [0.2, 0.25) is 0 Å². The summed E-state index contributed by atoms with van der Waals surface area (Å²) in [5.41, 5.74) is 1.10. The van der Waals surface area contributed by atoms with E-state index in [0.717, 1.165) is 18.4 Å². The number of hydrogen-bond acceptors (Lipinski definition) is 2. The fourth-order valence-corrected chi connectivity index (χ4v) is 2.10. The SMILES string of the molecule is CCC(Br)Cc1ccc(S(N)(=O)=O)cc1. The molecule has 1 aromatic rings. The van der Waals surface area contributed by atoms with Crippen molar-refractivity contribution in [3.05, 3.63) is 29.8 Å². The smallest absolute Gasteiger partial charge is 0.225 e. The van der Waals surface area contributed by atoms with Gasteiger partial charge in [-0.05, 0) is 30.5 Å². The van der Waals surface area contributed by atoms with Gasteiger partial charge in [0.05, 0.1) is 4.90 Å². The minimum absolute atomic E-state index is 0.161. The molecule has 0 amide bonds. The first-order valence-corrected chi connectivity index (χ1v) is 7.15. The highest BCUT2D eigenvalue weighted by Crippen LogP contribution is 2.15. The Morgan fingerprint density at radius 3 is 2.27 bits per heavy atom. The molecule has 1 unspecified atom stereocenters. The van der Waals surface area contributed by atoms with E-state index in [4.69, 9.17) is 5.14 Å². The molecule has 0 saturated heterocycles. The molecule has 5 heteroatoms. The first-order chi connectivity index (χ1) is 6.93. The summed E-state index contributed by atoms with van der Waals surface area (Å²) < 4.78 is 22.0. The number of hydrogen-bond donors (Lipinski definition) is 1. The standard InChI is InChI=1S/C10H14BrNO2S/c1-2-9(11)7-8-3-5-10(6-4-8)15(12,13)14/h3-6,9H,2,7H2,1H3,(H2,12,13,14). The lowest BCUT2D eigenvalue weighted by Crippen LogP contribution is -2.12. The molecule has 15 heavy (non-hydrogen) atoms. The zero-order valence-electron chi connectivity index (χ0n) is 8.48. The molecule has 1 rings (SSSR count). The van der Waals surface area contributed by atoms with Gasteiger partial charge in [-0.15, -0.1) is 0 Å². The van der Waals surface area contributed by atoms with Crippen LogP contribution in [0.1, 0.15) is 18.9 Å². The Hall–Kier alpha value is -0.390. The number of sulfonamides is 1. The highest BCUT2D eigenvalue weighted by molar-refractivity contribution is 9.09. The Kier molecular flexibility index (Phi) is 4.31. The maximum Gasteiger partial charge on any atom is 0.238 e. The van der Waals surface area contributed by atoms with Gasteiger partial charge in [-0.3, -0.25) is 0 Å². The Bertz CT molecular complexity index is 414. The largest absolute Gasteiger partial charge is 0.238 e. The van der Waals surface area contributed by atoms with Gasteiger partial charge in [0.25, 0.3) is 0 Å². The second kappa shape index (κ2) is 5.09. The van der Waals surface area contributed by atoms with E-state index >= 15 is 0 Å². The predicted molar refractivity (Wildman–Crippen MR) is 64.5 cm³/mol. The number of primary sulfonamides is 1. The van der Waals surface area contributed by atoms with Crippen molar-refractivity contribution in [2.45, 2.75) is 29.5 Å². The fourth-order valence-electron chi connectivity index (χ4n) is 1.22. The third kappa shape index (κ3) is 3.93. The molecule has 0 spiro atoms. The summed E-state index contributed by atoms with van der Waals surface area (Å²) >= 11 is 3.53. The number of rotatable bonds is 4. The molecular weight excluding hydrogens is 278 g/mol. The first-order valence-electron chi connectivity index (χ1n) is 4.69. The van der Waals surface area contributed by atoms with Crippen molar-refractivity contribution in [1.29, 1.82) is 0 Å². The molecule has 0 radical (unpaired) electrons. The number of benzene rings is 1. The normalized spacial score (nSPS) is 13.8. The van der Waals surface area contributed by atoms with Crippen LogP contribution in [-0.2, 0) is 16.4 Å². The summed E-state index contributed by atoms with van der Waals surface area (Å²) in [7, 11) is -3.57. The molecule has 0 bridgehead atoms. The van der Waals surface area contributed by atoms with Crippen LogP contribution in [0.5, 0.6) is 0 Å². The molecule has 2 N–H and O–H groups in total. The van der Waals surface area contributed by atoms with Gasteiger partial charge < -0.3 is 0 Å². The van der Waals surface area contributed by atoms with Gasteiger partial charge in [-0.2, -0.15) is 0 Å². The van der Waals surface area contributed by atoms with Crippen molar-refractivity contribution in [1.82, 2.24) is 0 Å². The van der Waals surface area contributed by atoms with Crippen LogP contribution >= 0.6 is 15.9 Å². The second-order valence-corrected chi connectivity index (χ2v) is 6.25. The third-order valence-corrected chi connectivity index (χ3v) is 4.05. The molecule has 0 saturated carbocycles. The van der Waals surface area contributed by atoms with E-state index in [1.165, 1.54) is 0 Å². The maximum absolute atomic E-state index is 11.0. The molecule has 0 fully saturated rings. The average Bonchev–Trinajstić information content (AvgIpc) is 2.17. The molecule has 0 aromatic heterocycles. The van der Waals surface area contributed by atoms with Crippen LogP contribution in [0.3, 0.4) is 0 Å². The monoisotopic (exact) mass is 291 g/mol. The highest BCUT2D eigenvalue weighted by atomic mass is 79.9. The first kappa shape index (κ1) is 12.7. The minimum atomic E-state index is -3.57. The van der Waals surface area contributed by atoms with Gasteiger partial charge in [0.15, 0.2) is 0 Å². The van der Waals surface area contributed by atoms with Crippen molar-refractivity contribution < 1.29 is 8.42 Å². The third-order valence-electron chi connectivity index (χ3n) is 2.15. The zero-order valence-corrected chi connectivity index (χ0v) is 10.9. The van der Waals surface area contributed by atoms with Gasteiger partial charge in [0.1, 0.15) is 0 Å². The van der Waals surface area contributed by atoms with E-state index < -0.39 is 10.0 Å². The van der Waals surface area contributed by atoms with Gasteiger partial charge >= 0.3 is 0 Å². The lowest BCUT2D eigenvalue weighted by molar-refractivity contribution is 0.598. The van der Waals surface area contributed by atoms with E-state index in [1.807, 2.05) is 0 Å². The summed E-state index contributed by atoms with van der Waals surface area (Å²) in [6.45, 7) is 2.10. The quantitative estimate of drug-likeness (QED) is 0.863. The van der Waals surface area contributed by atoms with Crippen LogP contribution in [0, 0.1) is 0 Å². The summed E-state index contributed by atoms with van der Waals surface area (Å²) in [6.07, 6.45) is 1.93. The van der Waals surface area contributed by atoms with Crippen LogP contribution < -0.4 is 5.14 Å². The van der Waals surface area contributed by atoms with E-state index in [2.05, 4.69) is 22.9 Å². The van der Waals surface area contributed by atoms with Gasteiger partial charge in [0, 0.05) is 4.83 Å². The number of halogens is 1. The lowest BCUT2D eigenvalue weighted by Gasteiger charge is -2.06. The zero-order chi connectivity index (χ0) is 11.5. The molecule has 84 valence electrons. The maximum atomic E-state index is 11.0. The Balaban J connectivity index is 2.82. The number of alkyl halides is 1. The van der Waals surface area contributed by atoms with E-state index in [-0.39, 0.29) is 4.90 Å². The molecule has 0 heterocycles. The van der Waals surface area contributed by atoms with E-state index in [1.54, 1.807) is 24.3 Å². The summed E-state index contributed by atoms with van der Waals surface area (Å²) in [5, 5.41) is 5.00. The van der Waals surface area contributed by atoms with Crippen molar-refractivity contribution in [2.75, 3.05) is 0 Å². The molecule has 1 aromatic carbocycles. The topological polar surface area (TPSA) is 60.2 Å². The molecule has 0 aliphatic heterocycles. The highest BCUT2D eigenvalue weighted by Gasteiger charge is 2.08. The van der Waals surface area contributed by atoms with Crippen LogP contribution in [-0.4, -0.2) is 13.2 Å². The summed E-state index contributed by atoms with van der Waals surface area (Å²) in [4.78, 5) is 0.590. The van der Waals surface area contributed by atoms with Gasteiger partial charge in [0.2, 0.25) is 10.0 Å². The molecule has 1 atom stereocenters. The van der Waals surface area contributed by atoms with Gasteiger partial charge in [-0.1, -0.05) is 35.0 Å². The van der Waals surface area contributed by atoms with Crippen molar-refractivity contribution in [2.24, 2.45) is 5.14 Å². The minimum Gasteiger partial charge on any atom is -0.225 e. The van der Waals surface area contributed by atoms with Crippen molar-refractivity contribution in [3.8, 4) is 0 Å². The Morgan fingerprint density at radius 1 is 1.33 bits per heavy atom. The summed E-state index contributed by atoms with van der Waals surface area (Å²) in [5.74, 6) is 0. The van der Waals surface area contributed by atoms with Crippen LogP contribution in [0.15, 0.2) is 29.2 Å². The molecule has 0 aliphatic carbocycles. The average molecular weight is 292 g/mol. The van der Waals surface area contributed by atoms with E-state index in [9.17, 15) is 8.42 Å². The Morgan fingerprint density at radius 2 is 1.87 bits per heavy atom. The molecule has 3 nitrogen and oxygen atoms in total. The predicted octanol–water partition coefficient (Wildman–Crippen LogP) is 2.05. The van der Waals surface area contributed by atoms with Crippen molar-refractivity contribution >= 4 is 26.0 Å². The fraction of sp³-hybridized carbons (Fsp3) is 0.400. The van der Waals surface area contributed by atoms with E-state index in [0.29, 0.717) is 4.83 Å². The van der Waals surface area contributed by atoms with Crippen LogP contribution in [0.25, 0.3) is 0 Å². The summed E-state index contributed by atoms with van der Waals surface area (Å²) in [6, 6.07) is 6.67. The Labute approximate surface area is 98.9 Å².